The zero-order valence-electron chi connectivity index (χ0n) is 34.5. The predicted octanol–water partition coefficient (Wildman–Crippen LogP) is 16.5. The zero-order chi connectivity index (χ0) is 42.4. The predicted molar refractivity (Wildman–Crippen MR) is 280 cm³/mol. The van der Waals surface area contributed by atoms with Gasteiger partial charge >= 0.3 is 0 Å². The van der Waals surface area contributed by atoms with Crippen LogP contribution in [0.1, 0.15) is 0 Å². The van der Waals surface area contributed by atoms with E-state index in [9.17, 15) is 0 Å². The van der Waals surface area contributed by atoms with Crippen LogP contribution in [0.4, 0.5) is 0 Å². The summed E-state index contributed by atoms with van der Waals surface area (Å²) in [6, 6.07) is 80.4. The van der Waals surface area contributed by atoms with Gasteiger partial charge in [-0.15, -0.1) is 22.7 Å². The van der Waals surface area contributed by atoms with Crippen molar-refractivity contribution < 1.29 is 4.57 Å². The number of fused-ring (bicyclic) bond motifs is 12. The van der Waals surface area contributed by atoms with Crippen LogP contribution in [0.2, 0.25) is 0 Å². The molecule has 64 heavy (non-hydrogen) atoms. The lowest BCUT2D eigenvalue weighted by molar-refractivity contribution is 0.592. The van der Waals surface area contributed by atoms with E-state index in [-0.39, 0.29) is 0 Å². The van der Waals surface area contributed by atoms with Crippen molar-refractivity contribution in [2.75, 3.05) is 0 Å². The van der Waals surface area contributed by atoms with Crippen LogP contribution < -0.4 is 15.9 Å². The largest absolute Gasteiger partial charge is 0.309 e. The Kier molecular flexibility index (Phi) is 8.61. The summed E-state index contributed by atoms with van der Waals surface area (Å²) in [7, 11) is -3.11. The molecule has 0 saturated heterocycles. The molecule has 13 rings (SSSR count). The maximum absolute atomic E-state index is 15.3. The highest BCUT2D eigenvalue weighted by Crippen LogP contribution is 2.45. The second kappa shape index (κ2) is 14.7. The third-order valence-electron chi connectivity index (χ3n) is 13.1. The number of thiophene rings is 2. The van der Waals surface area contributed by atoms with Gasteiger partial charge in [0.1, 0.15) is 0 Å². The molecule has 300 valence electrons. The molecule has 2 aromatic heterocycles. The molecule has 1 nitrogen and oxygen atoms in total. The Balaban J connectivity index is 0.888. The Hall–Kier alpha value is -7.13. The molecule has 2 heterocycles. The molecule has 0 radical (unpaired) electrons. The van der Waals surface area contributed by atoms with Gasteiger partial charge in [0.2, 0.25) is 0 Å². The van der Waals surface area contributed by atoms with E-state index >= 15 is 4.57 Å². The average Bonchev–Trinajstić information content (AvgIpc) is 3.93. The van der Waals surface area contributed by atoms with Crippen LogP contribution in [-0.4, -0.2) is 0 Å². The summed E-state index contributed by atoms with van der Waals surface area (Å²) >= 11 is 3.70. The molecule has 0 saturated carbocycles. The SMILES string of the molecule is O=P(c1ccccc1)(c1ccccc1)c1cccc(-c2ccc3sc4ccc(-c5ccc6sc7ccc(-c8ccc9c%10ccccc%10c%10ccccc%10c9c8)cc7c6c5)cc4c3c2)c1. The van der Waals surface area contributed by atoms with Gasteiger partial charge in [-0.2, -0.15) is 0 Å². The molecule has 0 atom stereocenters. The van der Waals surface area contributed by atoms with Crippen LogP contribution in [0, 0.1) is 0 Å². The fourth-order valence-corrected chi connectivity index (χ4v) is 14.8. The second-order valence-corrected chi connectivity index (χ2v) is 21.7. The molecule has 11 aromatic carbocycles. The van der Waals surface area contributed by atoms with E-state index in [2.05, 4.69) is 158 Å². The first kappa shape index (κ1) is 37.4. The van der Waals surface area contributed by atoms with Crippen molar-refractivity contribution in [3.63, 3.8) is 0 Å². The van der Waals surface area contributed by atoms with E-state index in [0.29, 0.717) is 0 Å². The van der Waals surface area contributed by atoms with Gasteiger partial charge < -0.3 is 4.57 Å². The van der Waals surface area contributed by atoms with Crippen molar-refractivity contribution in [1.82, 2.24) is 0 Å². The van der Waals surface area contributed by atoms with Crippen LogP contribution in [0.25, 0.3) is 106 Å². The van der Waals surface area contributed by atoms with Gasteiger partial charge in [0.15, 0.2) is 7.14 Å². The lowest BCUT2D eigenvalue weighted by atomic mass is 9.92. The smallest absolute Gasteiger partial charge is 0.171 e. The molecule has 0 aliphatic rings. The Bertz CT molecular complexity index is 3970. The van der Waals surface area contributed by atoms with E-state index in [1.54, 1.807) is 0 Å². The average molecular weight is 869 g/mol. The Labute approximate surface area is 378 Å². The van der Waals surface area contributed by atoms with Crippen molar-refractivity contribution in [2.45, 2.75) is 0 Å². The minimum absolute atomic E-state index is 0.836. The summed E-state index contributed by atoms with van der Waals surface area (Å²) < 4.78 is 20.4. The Morgan fingerprint density at radius 1 is 0.234 bits per heavy atom. The van der Waals surface area contributed by atoms with E-state index in [1.165, 1.54) is 94.9 Å². The van der Waals surface area contributed by atoms with Crippen LogP contribution in [-0.2, 0) is 4.57 Å². The van der Waals surface area contributed by atoms with Gasteiger partial charge in [0, 0.05) is 56.3 Å². The number of rotatable bonds is 6. The molecule has 13 aromatic rings. The fourth-order valence-electron chi connectivity index (χ4n) is 9.96. The molecule has 0 N–H and O–H groups in total. The Morgan fingerprint density at radius 2 is 0.547 bits per heavy atom. The molecule has 0 spiro atoms. The number of benzene rings is 11. The lowest BCUT2D eigenvalue weighted by Crippen LogP contribution is -2.25. The summed E-state index contributed by atoms with van der Waals surface area (Å²) in [5.74, 6) is 0. The van der Waals surface area contributed by atoms with Gasteiger partial charge in [0.05, 0.1) is 0 Å². The van der Waals surface area contributed by atoms with Gasteiger partial charge in [-0.25, -0.2) is 0 Å². The first-order valence-corrected chi connectivity index (χ1v) is 25.0. The highest BCUT2D eigenvalue weighted by atomic mass is 32.1. The van der Waals surface area contributed by atoms with Crippen LogP contribution in [0.3, 0.4) is 0 Å². The number of hydrogen-bond donors (Lipinski definition) is 0. The van der Waals surface area contributed by atoms with Crippen molar-refractivity contribution in [3.05, 3.63) is 224 Å². The highest BCUT2D eigenvalue weighted by Gasteiger charge is 2.30. The minimum atomic E-state index is -3.11. The van der Waals surface area contributed by atoms with Crippen molar-refractivity contribution in [2.24, 2.45) is 0 Å². The van der Waals surface area contributed by atoms with Crippen molar-refractivity contribution in [3.8, 4) is 33.4 Å². The third-order valence-corrected chi connectivity index (χ3v) is 18.5. The molecule has 0 unspecified atom stereocenters. The maximum atomic E-state index is 15.3. The standard InChI is InChI=1S/C60H37OPS2/c61-62(44-13-3-1-4-14-44,45-15-5-2-6-16-45)46-17-11-12-38(32-46)40-23-28-57-53(34-40)55-36-42(25-30-59(55)63-57)43-26-31-60-56(37-43)54-35-41(24-29-58(54)64-60)39-22-27-51-49-20-8-7-18-47(49)48-19-9-10-21-50(48)52(51)33-39/h1-37H. The quantitative estimate of drug-likeness (QED) is 0.120. The van der Waals surface area contributed by atoms with E-state index in [0.717, 1.165) is 27.0 Å². The van der Waals surface area contributed by atoms with Crippen LogP contribution >= 0.6 is 29.8 Å². The normalized spacial score (nSPS) is 12.1. The minimum Gasteiger partial charge on any atom is -0.309 e. The Morgan fingerprint density at radius 3 is 0.969 bits per heavy atom. The molecule has 0 aliphatic heterocycles. The summed E-state index contributed by atoms with van der Waals surface area (Å²) in [5, 5.41) is 15.4. The van der Waals surface area contributed by atoms with E-state index in [4.69, 9.17) is 0 Å². The fraction of sp³-hybridized carbons (Fsp3) is 0. The molecular weight excluding hydrogens is 832 g/mol. The molecule has 0 fully saturated rings. The topological polar surface area (TPSA) is 17.1 Å². The van der Waals surface area contributed by atoms with Crippen molar-refractivity contribution in [1.29, 1.82) is 0 Å². The molecule has 0 bridgehead atoms. The molecule has 0 amide bonds. The molecule has 0 aliphatic carbocycles. The van der Waals surface area contributed by atoms with Gasteiger partial charge in [-0.05, 0) is 126 Å². The molecule has 4 heteroatoms. The van der Waals surface area contributed by atoms with Crippen LogP contribution in [0.15, 0.2) is 224 Å². The van der Waals surface area contributed by atoms with Gasteiger partial charge in [-0.1, -0.05) is 164 Å². The first-order valence-electron chi connectivity index (χ1n) is 21.7. The summed E-state index contributed by atoms with van der Waals surface area (Å²) in [4.78, 5) is 0. The summed E-state index contributed by atoms with van der Waals surface area (Å²) in [5.41, 5.74) is 7.05. The zero-order valence-corrected chi connectivity index (χ0v) is 37.1. The lowest BCUT2D eigenvalue weighted by Gasteiger charge is -2.20. The number of hydrogen-bond acceptors (Lipinski definition) is 3. The molecular formula is C60H37OPS2. The summed E-state index contributed by atoms with van der Waals surface area (Å²) in [6.45, 7) is 0. The second-order valence-electron chi connectivity index (χ2n) is 16.7. The first-order chi connectivity index (χ1) is 31.6. The van der Waals surface area contributed by atoms with E-state index < -0.39 is 7.14 Å². The monoisotopic (exact) mass is 868 g/mol. The summed E-state index contributed by atoms with van der Waals surface area (Å²) in [6.07, 6.45) is 0. The maximum Gasteiger partial charge on any atom is 0.171 e. The third kappa shape index (κ3) is 5.93. The van der Waals surface area contributed by atoms with E-state index in [1.807, 2.05) is 89.4 Å². The van der Waals surface area contributed by atoms with Gasteiger partial charge in [0.25, 0.3) is 0 Å². The van der Waals surface area contributed by atoms with Crippen LogP contribution in [0.5, 0.6) is 0 Å². The van der Waals surface area contributed by atoms with Crippen molar-refractivity contribution >= 4 is 118 Å². The van der Waals surface area contributed by atoms with Gasteiger partial charge in [-0.3, -0.25) is 0 Å². The highest BCUT2D eigenvalue weighted by molar-refractivity contribution is 7.85.